The van der Waals surface area contributed by atoms with Crippen molar-refractivity contribution >= 4 is 54.0 Å². The lowest BCUT2D eigenvalue weighted by Gasteiger charge is -2.33. The van der Waals surface area contributed by atoms with E-state index in [1.165, 1.54) is 4.31 Å². The third kappa shape index (κ3) is 6.36. The molecule has 3 rings (SSSR count). The molecule has 166 valence electrons. The lowest BCUT2D eigenvalue weighted by atomic mass is 10.2. The highest BCUT2D eigenvalue weighted by Gasteiger charge is 2.28. The van der Waals surface area contributed by atoms with Crippen LogP contribution in [0.4, 0.5) is 0 Å². The predicted octanol–water partition coefficient (Wildman–Crippen LogP) is 2.68. The molecule has 2 aromatic carbocycles. The second kappa shape index (κ2) is 10.7. The van der Waals surface area contributed by atoms with Crippen molar-refractivity contribution in [3.63, 3.8) is 0 Å². The molecule has 0 unspecified atom stereocenters. The van der Waals surface area contributed by atoms with Gasteiger partial charge in [-0.1, -0.05) is 15.9 Å². The Hall–Kier alpha value is -1.79. The fourth-order valence-electron chi connectivity index (χ4n) is 3.06. The van der Waals surface area contributed by atoms with Gasteiger partial charge in [0.25, 0.3) is 5.91 Å². The number of carbonyl (C=O) groups is 1. The normalized spacial score (nSPS) is 15.8. The molecule has 0 atom stereocenters. The first-order valence-electron chi connectivity index (χ1n) is 9.43. The Labute approximate surface area is 198 Å². The van der Waals surface area contributed by atoms with E-state index in [4.69, 9.17) is 4.74 Å². The number of rotatable bonds is 7. The number of ether oxygens (including phenoxy) is 1. The Morgan fingerprint density at radius 2 is 1.81 bits per heavy atom. The minimum atomic E-state index is -3.54. The Balaban J connectivity index is 1.47. The first-order chi connectivity index (χ1) is 14.8. The molecule has 1 aliphatic rings. The molecule has 1 aliphatic heterocycles. The molecule has 1 heterocycles. The van der Waals surface area contributed by atoms with Gasteiger partial charge in [-0.25, -0.2) is 13.8 Å². The third-order valence-electron chi connectivity index (χ3n) is 4.73. The van der Waals surface area contributed by atoms with Gasteiger partial charge in [0.2, 0.25) is 10.0 Å². The van der Waals surface area contributed by atoms with Crippen LogP contribution in [0, 0.1) is 0 Å². The van der Waals surface area contributed by atoms with Crippen molar-refractivity contribution in [3.05, 3.63) is 57.0 Å². The first-order valence-corrected chi connectivity index (χ1v) is 12.5. The zero-order valence-corrected chi connectivity index (χ0v) is 20.8. The average Bonchev–Trinajstić information content (AvgIpc) is 2.74. The molecule has 31 heavy (non-hydrogen) atoms. The van der Waals surface area contributed by atoms with Crippen LogP contribution in [-0.4, -0.2) is 69.6 Å². The van der Waals surface area contributed by atoms with Crippen LogP contribution < -0.4 is 10.2 Å². The SMILES string of the molecule is COc1ccc(/C=N/NC(=O)CN2CCN(S(=O)(=O)c3ccc(Br)cc3)CC2)cc1Br. The van der Waals surface area contributed by atoms with E-state index in [0.29, 0.717) is 31.9 Å². The molecule has 0 radical (unpaired) electrons. The highest BCUT2D eigenvalue weighted by Crippen LogP contribution is 2.24. The van der Waals surface area contributed by atoms with Crippen LogP contribution in [0.1, 0.15) is 5.56 Å². The van der Waals surface area contributed by atoms with Gasteiger partial charge in [0.15, 0.2) is 0 Å². The van der Waals surface area contributed by atoms with Crippen LogP contribution in [0.15, 0.2) is 61.4 Å². The van der Waals surface area contributed by atoms with Gasteiger partial charge in [0, 0.05) is 30.7 Å². The summed E-state index contributed by atoms with van der Waals surface area (Å²) in [5, 5.41) is 3.98. The highest BCUT2D eigenvalue weighted by atomic mass is 79.9. The highest BCUT2D eigenvalue weighted by molar-refractivity contribution is 9.10. The van der Waals surface area contributed by atoms with Gasteiger partial charge in [-0.3, -0.25) is 9.69 Å². The number of hydrogen-bond acceptors (Lipinski definition) is 6. The molecule has 0 aromatic heterocycles. The van der Waals surface area contributed by atoms with Crippen molar-refractivity contribution in [2.75, 3.05) is 39.8 Å². The van der Waals surface area contributed by atoms with Gasteiger partial charge in [0.1, 0.15) is 5.75 Å². The summed E-state index contributed by atoms with van der Waals surface area (Å²) < 4.78 is 33.7. The zero-order valence-electron chi connectivity index (χ0n) is 16.8. The van der Waals surface area contributed by atoms with E-state index in [1.54, 1.807) is 43.7 Å². The summed E-state index contributed by atoms with van der Waals surface area (Å²) in [6.45, 7) is 1.75. The van der Waals surface area contributed by atoms with E-state index in [-0.39, 0.29) is 17.3 Å². The number of hydrogen-bond donors (Lipinski definition) is 1. The van der Waals surface area contributed by atoms with Crippen molar-refractivity contribution in [2.45, 2.75) is 4.90 Å². The van der Waals surface area contributed by atoms with Crippen LogP contribution >= 0.6 is 31.9 Å². The number of carbonyl (C=O) groups excluding carboxylic acids is 1. The number of halogens is 2. The molecule has 0 bridgehead atoms. The number of nitrogens with zero attached hydrogens (tertiary/aromatic N) is 3. The Kier molecular flexibility index (Phi) is 8.23. The van der Waals surface area contributed by atoms with E-state index >= 15 is 0 Å². The smallest absolute Gasteiger partial charge is 0.254 e. The Bertz CT molecular complexity index is 1050. The molecule has 1 fully saturated rings. The fraction of sp³-hybridized carbons (Fsp3) is 0.300. The van der Waals surface area contributed by atoms with Crippen molar-refractivity contribution in [2.24, 2.45) is 5.10 Å². The molecule has 0 spiro atoms. The maximum Gasteiger partial charge on any atom is 0.254 e. The number of nitrogens with one attached hydrogen (secondary N) is 1. The summed E-state index contributed by atoms with van der Waals surface area (Å²) in [7, 11) is -1.95. The van der Waals surface area contributed by atoms with E-state index in [1.807, 2.05) is 17.0 Å². The van der Waals surface area contributed by atoms with Crippen molar-refractivity contribution in [3.8, 4) is 5.75 Å². The number of benzene rings is 2. The Morgan fingerprint density at radius 3 is 2.42 bits per heavy atom. The molecule has 1 amide bonds. The lowest BCUT2D eigenvalue weighted by molar-refractivity contribution is -0.122. The molecule has 8 nitrogen and oxygen atoms in total. The molecule has 1 N–H and O–H groups in total. The number of hydrazone groups is 1. The monoisotopic (exact) mass is 572 g/mol. The number of amides is 1. The summed E-state index contributed by atoms with van der Waals surface area (Å²) in [4.78, 5) is 14.3. The van der Waals surface area contributed by atoms with Gasteiger partial charge >= 0.3 is 0 Å². The maximum absolute atomic E-state index is 12.8. The summed E-state index contributed by atoms with van der Waals surface area (Å²) in [6.07, 6.45) is 1.55. The Morgan fingerprint density at radius 1 is 1.13 bits per heavy atom. The minimum Gasteiger partial charge on any atom is -0.496 e. The van der Waals surface area contributed by atoms with Gasteiger partial charge in [-0.05, 0) is 64.0 Å². The quantitative estimate of drug-likeness (QED) is 0.406. The molecular formula is C20H22Br2N4O4S. The van der Waals surface area contributed by atoms with Crippen LogP contribution in [-0.2, 0) is 14.8 Å². The molecule has 1 saturated heterocycles. The summed E-state index contributed by atoms with van der Waals surface area (Å²) in [6, 6.07) is 12.0. The summed E-state index contributed by atoms with van der Waals surface area (Å²) in [5.74, 6) is 0.454. The van der Waals surface area contributed by atoms with Gasteiger partial charge in [0.05, 0.1) is 29.2 Å². The van der Waals surface area contributed by atoms with Crippen LogP contribution in [0.3, 0.4) is 0 Å². The van der Waals surface area contributed by atoms with Crippen molar-refractivity contribution < 1.29 is 17.9 Å². The van der Waals surface area contributed by atoms with Crippen LogP contribution in [0.25, 0.3) is 0 Å². The van der Waals surface area contributed by atoms with E-state index in [2.05, 4.69) is 42.4 Å². The van der Waals surface area contributed by atoms with Gasteiger partial charge in [-0.2, -0.15) is 9.41 Å². The van der Waals surface area contributed by atoms with Crippen LogP contribution in [0.2, 0.25) is 0 Å². The molecule has 11 heteroatoms. The van der Waals surface area contributed by atoms with E-state index in [9.17, 15) is 13.2 Å². The van der Waals surface area contributed by atoms with Crippen molar-refractivity contribution in [1.29, 1.82) is 0 Å². The van der Waals surface area contributed by atoms with Crippen molar-refractivity contribution in [1.82, 2.24) is 14.6 Å². The summed E-state index contributed by atoms with van der Waals surface area (Å²) >= 11 is 6.71. The standard InChI is InChI=1S/C20H22Br2N4O4S/c1-30-19-7-2-15(12-18(19)22)13-23-24-20(27)14-25-8-10-26(11-9-25)31(28,29)17-5-3-16(21)4-6-17/h2-7,12-13H,8-11,14H2,1H3,(H,24,27)/b23-13+. The zero-order chi connectivity index (χ0) is 22.4. The molecule has 0 aliphatic carbocycles. The first kappa shape index (κ1) is 23.9. The number of sulfonamides is 1. The van der Waals surface area contributed by atoms with Gasteiger partial charge in [-0.15, -0.1) is 0 Å². The average molecular weight is 574 g/mol. The molecule has 2 aromatic rings. The number of piperazine rings is 1. The maximum atomic E-state index is 12.8. The second-order valence-corrected chi connectivity index (χ2v) is 10.5. The largest absolute Gasteiger partial charge is 0.496 e. The second-order valence-electron chi connectivity index (χ2n) is 6.82. The third-order valence-corrected chi connectivity index (χ3v) is 7.79. The fourth-order valence-corrected chi connectivity index (χ4v) is 5.31. The molecule has 0 saturated carbocycles. The lowest BCUT2D eigenvalue weighted by Crippen LogP contribution is -2.50. The van der Waals surface area contributed by atoms with Crippen LogP contribution in [0.5, 0.6) is 5.75 Å². The topological polar surface area (TPSA) is 91.3 Å². The van der Waals surface area contributed by atoms with E-state index in [0.717, 1.165) is 14.5 Å². The molecular weight excluding hydrogens is 552 g/mol. The van der Waals surface area contributed by atoms with E-state index < -0.39 is 10.0 Å². The van der Waals surface area contributed by atoms with Gasteiger partial charge < -0.3 is 4.74 Å². The predicted molar refractivity (Wildman–Crippen MR) is 126 cm³/mol. The summed E-state index contributed by atoms with van der Waals surface area (Å²) in [5.41, 5.74) is 3.31. The minimum absolute atomic E-state index is 0.149. The number of methoxy groups -OCH3 is 1.